The summed E-state index contributed by atoms with van der Waals surface area (Å²) in [7, 11) is 0. The minimum atomic E-state index is -1.16. The molecule has 1 aromatic heterocycles. The molecule has 2 aromatic carbocycles. The number of aromatic amines is 1. The second kappa shape index (κ2) is 6.56. The first-order chi connectivity index (χ1) is 13.1. The Bertz CT molecular complexity index is 1030. The standard InChI is InChI=1S/C19H16N4O4/c24-17(15-12-8-4-5-9-14(12)21-22-15)20-16-13(19(26)27)10-23(18(16)25)11-6-2-1-3-7-11/h1-9,13,16H,10H2,(H,20,24)(H,21,22)(H,26,27). The molecule has 3 N–H and O–H groups in total. The summed E-state index contributed by atoms with van der Waals surface area (Å²) < 4.78 is 0. The number of anilines is 1. The second-order valence-corrected chi connectivity index (χ2v) is 6.30. The molecule has 0 bridgehead atoms. The summed E-state index contributed by atoms with van der Waals surface area (Å²) in [5.41, 5.74) is 1.40. The number of aliphatic carboxylic acids is 1. The summed E-state index contributed by atoms with van der Waals surface area (Å²) in [6.45, 7) is -0.00948. The van der Waals surface area contributed by atoms with E-state index < -0.39 is 29.7 Å². The largest absolute Gasteiger partial charge is 0.481 e. The van der Waals surface area contributed by atoms with Gasteiger partial charge in [-0.3, -0.25) is 19.5 Å². The molecule has 3 aromatic rings. The van der Waals surface area contributed by atoms with E-state index in [9.17, 15) is 19.5 Å². The van der Waals surface area contributed by atoms with Crippen molar-refractivity contribution >= 4 is 34.4 Å². The van der Waals surface area contributed by atoms with Gasteiger partial charge >= 0.3 is 5.97 Å². The lowest BCUT2D eigenvalue weighted by Crippen LogP contribution is -2.46. The summed E-state index contributed by atoms with van der Waals surface area (Å²) in [6.07, 6.45) is 0. The molecule has 0 radical (unpaired) electrons. The van der Waals surface area contributed by atoms with Crippen molar-refractivity contribution < 1.29 is 19.5 Å². The Morgan fingerprint density at radius 1 is 1.11 bits per heavy atom. The fourth-order valence-corrected chi connectivity index (χ4v) is 3.30. The maximum absolute atomic E-state index is 12.8. The van der Waals surface area contributed by atoms with Gasteiger partial charge in [0.2, 0.25) is 0 Å². The Hall–Kier alpha value is -3.68. The van der Waals surface area contributed by atoms with E-state index in [2.05, 4.69) is 15.5 Å². The van der Waals surface area contributed by atoms with Crippen molar-refractivity contribution in [1.29, 1.82) is 0 Å². The van der Waals surface area contributed by atoms with Crippen LogP contribution in [0.15, 0.2) is 54.6 Å². The van der Waals surface area contributed by atoms with Crippen LogP contribution in [0.2, 0.25) is 0 Å². The zero-order chi connectivity index (χ0) is 19.0. The minimum Gasteiger partial charge on any atom is -0.481 e. The van der Waals surface area contributed by atoms with E-state index in [0.29, 0.717) is 16.6 Å². The van der Waals surface area contributed by atoms with Crippen LogP contribution in [0.1, 0.15) is 10.5 Å². The monoisotopic (exact) mass is 364 g/mol. The van der Waals surface area contributed by atoms with Gasteiger partial charge in [-0.2, -0.15) is 5.10 Å². The molecule has 27 heavy (non-hydrogen) atoms. The Morgan fingerprint density at radius 3 is 2.56 bits per heavy atom. The van der Waals surface area contributed by atoms with Crippen molar-refractivity contribution in [3.8, 4) is 0 Å². The quantitative estimate of drug-likeness (QED) is 0.647. The third kappa shape index (κ3) is 2.91. The Balaban J connectivity index is 1.62. The van der Waals surface area contributed by atoms with Crippen LogP contribution in [0.5, 0.6) is 0 Å². The summed E-state index contributed by atoms with van der Waals surface area (Å²) in [6, 6.07) is 14.7. The van der Waals surface area contributed by atoms with E-state index in [1.54, 1.807) is 54.6 Å². The van der Waals surface area contributed by atoms with Crippen molar-refractivity contribution in [3.05, 3.63) is 60.3 Å². The molecule has 1 fully saturated rings. The number of nitrogens with one attached hydrogen (secondary N) is 2. The van der Waals surface area contributed by atoms with E-state index in [1.807, 2.05) is 0 Å². The number of nitrogens with zero attached hydrogens (tertiary/aromatic N) is 2. The number of carboxylic acids is 1. The lowest BCUT2D eigenvalue weighted by molar-refractivity contribution is -0.142. The lowest BCUT2D eigenvalue weighted by atomic mass is 10.0. The molecule has 136 valence electrons. The second-order valence-electron chi connectivity index (χ2n) is 6.30. The molecule has 4 rings (SSSR count). The molecule has 1 aliphatic heterocycles. The summed E-state index contributed by atoms with van der Waals surface area (Å²) >= 11 is 0. The number of carbonyl (C=O) groups excluding carboxylic acids is 2. The Kier molecular flexibility index (Phi) is 4.08. The van der Waals surface area contributed by atoms with Crippen LogP contribution in [0, 0.1) is 5.92 Å². The normalized spacial score (nSPS) is 19.4. The number of hydrogen-bond acceptors (Lipinski definition) is 4. The zero-order valence-corrected chi connectivity index (χ0v) is 14.1. The van der Waals surface area contributed by atoms with Gasteiger partial charge in [-0.1, -0.05) is 36.4 Å². The number of fused-ring (bicyclic) bond motifs is 1. The molecular formula is C19H16N4O4. The molecule has 1 saturated heterocycles. The fraction of sp³-hybridized carbons (Fsp3) is 0.158. The molecule has 0 saturated carbocycles. The highest BCUT2D eigenvalue weighted by atomic mass is 16.4. The van der Waals surface area contributed by atoms with Crippen molar-refractivity contribution in [1.82, 2.24) is 15.5 Å². The molecule has 1 aliphatic rings. The molecular weight excluding hydrogens is 348 g/mol. The van der Waals surface area contributed by atoms with Gasteiger partial charge in [-0.15, -0.1) is 0 Å². The van der Waals surface area contributed by atoms with Gasteiger partial charge < -0.3 is 15.3 Å². The highest BCUT2D eigenvalue weighted by Gasteiger charge is 2.46. The van der Waals surface area contributed by atoms with Crippen LogP contribution in [0.25, 0.3) is 10.9 Å². The number of amides is 2. The number of para-hydroxylation sites is 2. The van der Waals surface area contributed by atoms with Gasteiger partial charge in [0, 0.05) is 17.6 Å². The van der Waals surface area contributed by atoms with Crippen LogP contribution in [-0.4, -0.2) is 45.7 Å². The van der Waals surface area contributed by atoms with E-state index in [1.165, 1.54) is 4.90 Å². The topological polar surface area (TPSA) is 115 Å². The third-order valence-electron chi connectivity index (χ3n) is 4.67. The molecule has 8 heteroatoms. The van der Waals surface area contributed by atoms with Gasteiger partial charge in [-0.25, -0.2) is 0 Å². The molecule has 2 amide bonds. The van der Waals surface area contributed by atoms with E-state index >= 15 is 0 Å². The van der Waals surface area contributed by atoms with Gasteiger partial charge in [0.1, 0.15) is 12.0 Å². The molecule has 0 aliphatic carbocycles. The van der Waals surface area contributed by atoms with Crippen molar-refractivity contribution in [2.75, 3.05) is 11.4 Å². The van der Waals surface area contributed by atoms with E-state index in [4.69, 9.17) is 0 Å². The maximum Gasteiger partial charge on any atom is 0.310 e. The van der Waals surface area contributed by atoms with Crippen LogP contribution < -0.4 is 10.2 Å². The van der Waals surface area contributed by atoms with Crippen molar-refractivity contribution in [2.24, 2.45) is 5.92 Å². The van der Waals surface area contributed by atoms with E-state index in [0.717, 1.165) is 0 Å². The summed E-state index contributed by atoms with van der Waals surface area (Å²) in [5, 5.41) is 19.4. The molecule has 2 heterocycles. The van der Waals surface area contributed by atoms with Crippen LogP contribution in [0.3, 0.4) is 0 Å². The van der Waals surface area contributed by atoms with Crippen molar-refractivity contribution in [3.63, 3.8) is 0 Å². The fourth-order valence-electron chi connectivity index (χ4n) is 3.30. The first-order valence-corrected chi connectivity index (χ1v) is 8.39. The van der Waals surface area contributed by atoms with Crippen LogP contribution in [-0.2, 0) is 9.59 Å². The molecule has 2 unspecified atom stereocenters. The van der Waals surface area contributed by atoms with Gasteiger partial charge in [0.15, 0.2) is 5.69 Å². The Morgan fingerprint density at radius 2 is 1.81 bits per heavy atom. The third-order valence-corrected chi connectivity index (χ3v) is 4.67. The number of aromatic nitrogens is 2. The average Bonchev–Trinajstić information content (AvgIpc) is 3.24. The average molecular weight is 364 g/mol. The smallest absolute Gasteiger partial charge is 0.310 e. The van der Waals surface area contributed by atoms with Gasteiger partial charge in [-0.05, 0) is 18.2 Å². The first kappa shape index (κ1) is 16.8. The van der Waals surface area contributed by atoms with Crippen LogP contribution >= 0.6 is 0 Å². The van der Waals surface area contributed by atoms with Crippen molar-refractivity contribution in [2.45, 2.75) is 6.04 Å². The number of H-pyrrole nitrogens is 1. The number of carbonyl (C=O) groups is 3. The Labute approximate surface area is 153 Å². The molecule has 8 nitrogen and oxygen atoms in total. The number of carboxylic acid groups (broad SMARTS) is 1. The lowest BCUT2D eigenvalue weighted by Gasteiger charge is -2.16. The maximum atomic E-state index is 12.8. The number of benzene rings is 2. The van der Waals surface area contributed by atoms with Crippen LogP contribution in [0.4, 0.5) is 5.69 Å². The molecule has 2 atom stereocenters. The highest BCUT2D eigenvalue weighted by molar-refractivity contribution is 6.09. The highest BCUT2D eigenvalue weighted by Crippen LogP contribution is 2.26. The minimum absolute atomic E-state index is 0.00948. The zero-order valence-electron chi connectivity index (χ0n) is 14.1. The number of rotatable bonds is 4. The first-order valence-electron chi connectivity index (χ1n) is 8.39. The van der Waals surface area contributed by atoms with E-state index in [-0.39, 0.29) is 12.2 Å². The predicted octanol–water partition coefficient (Wildman–Crippen LogP) is 1.41. The SMILES string of the molecule is O=C(NC1C(=O)N(c2ccccc2)CC1C(=O)O)c1n[nH]c2ccccc12. The summed E-state index contributed by atoms with van der Waals surface area (Å²) in [5.74, 6) is -3.24. The predicted molar refractivity (Wildman–Crippen MR) is 97.3 cm³/mol. The van der Waals surface area contributed by atoms with Gasteiger partial charge in [0.25, 0.3) is 11.8 Å². The molecule has 0 spiro atoms. The van der Waals surface area contributed by atoms with Gasteiger partial charge in [0.05, 0.1) is 5.52 Å². The number of hydrogen-bond donors (Lipinski definition) is 3. The summed E-state index contributed by atoms with van der Waals surface area (Å²) in [4.78, 5) is 38.5.